The Morgan fingerprint density at radius 1 is 1.41 bits per heavy atom. The number of hydrogen-bond acceptors (Lipinski definition) is 3. The van der Waals surface area contributed by atoms with E-state index in [1.807, 2.05) is 26.0 Å². The summed E-state index contributed by atoms with van der Waals surface area (Å²) in [6, 6.07) is 7.57. The number of nitrogens with zero attached hydrogens (tertiary/aromatic N) is 3. The second-order valence-electron chi connectivity index (χ2n) is 3.77. The highest BCUT2D eigenvalue weighted by atomic mass is 79.9. The van der Waals surface area contributed by atoms with Crippen molar-refractivity contribution in [2.75, 3.05) is 5.73 Å². The van der Waals surface area contributed by atoms with E-state index in [2.05, 4.69) is 27.1 Å². The number of halogens is 1. The number of nitrogens with two attached hydrogens (primary N) is 1. The summed E-state index contributed by atoms with van der Waals surface area (Å²) in [7, 11) is 0. The first kappa shape index (κ1) is 11.7. The number of nitriles is 1. The van der Waals surface area contributed by atoms with E-state index in [-0.39, 0.29) is 0 Å². The molecule has 17 heavy (non-hydrogen) atoms. The maximum atomic E-state index is 8.86. The molecule has 1 aromatic heterocycles. The predicted octanol–water partition coefficient (Wildman–Crippen LogP) is 2.71. The standard InChI is InChI=1S/C12H11BrN4/c1-7-12(15)8(2)17(16-7)10-4-3-9(6-14)11(13)5-10/h3-5H,15H2,1-2H3. The monoisotopic (exact) mass is 290 g/mol. The third-order valence-electron chi connectivity index (χ3n) is 2.66. The Kier molecular flexibility index (Phi) is 2.90. The normalized spacial score (nSPS) is 10.2. The van der Waals surface area contributed by atoms with Gasteiger partial charge in [-0.1, -0.05) is 0 Å². The zero-order chi connectivity index (χ0) is 12.6. The second kappa shape index (κ2) is 4.22. The minimum atomic E-state index is 0.600. The molecule has 0 fully saturated rings. The van der Waals surface area contributed by atoms with Gasteiger partial charge in [-0.05, 0) is 48.0 Å². The van der Waals surface area contributed by atoms with Crippen molar-refractivity contribution in [1.82, 2.24) is 9.78 Å². The van der Waals surface area contributed by atoms with Crippen LogP contribution in [0.15, 0.2) is 22.7 Å². The first-order valence-electron chi connectivity index (χ1n) is 5.06. The molecule has 0 aliphatic heterocycles. The molecule has 2 aromatic rings. The molecule has 0 amide bonds. The van der Waals surface area contributed by atoms with Crippen molar-refractivity contribution >= 4 is 21.6 Å². The van der Waals surface area contributed by atoms with Crippen molar-refractivity contribution in [3.63, 3.8) is 0 Å². The minimum Gasteiger partial charge on any atom is -0.396 e. The number of benzene rings is 1. The first-order valence-corrected chi connectivity index (χ1v) is 5.85. The Hall–Kier alpha value is -1.80. The van der Waals surface area contributed by atoms with Crippen LogP contribution in [-0.2, 0) is 0 Å². The van der Waals surface area contributed by atoms with Crippen molar-refractivity contribution in [3.8, 4) is 11.8 Å². The molecule has 0 radical (unpaired) electrons. The van der Waals surface area contributed by atoms with Gasteiger partial charge < -0.3 is 5.73 Å². The van der Waals surface area contributed by atoms with Crippen LogP contribution in [0.5, 0.6) is 0 Å². The van der Waals surface area contributed by atoms with Crippen LogP contribution in [0.4, 0.5) is 5.69 Å². The van der Waals surface area contributed by atoms with Crippen molar-refractivity contribution in [1.29, 1.82) is 5.26 Å². The van der Waals surface area contributed by atoms with Gasteiger partial charge in [-0.15, -0.1) is 0 Å². The van der Waals surface area contributed by atoms with Crippen LogP contribution >= 0.6 is 15.9 Å². The fraction of sp³-hybridized carbons (Fsp3) is 0.167. The molecule has 0 bridgehead atoms. The van der Waals surface area contributed by atoms with Gasteiger partial charge in [0.15, 0.2) is 0 Å². The van der Waals surface area contributed by atoms with E-state index < -0.39 is 0 Å². The smallest absolute Gasteiger partial charge is 0.100 e. The van der Waals surface area contributed by atoms with Gasteiger partial charge in [0.05, 0.1) is 28.3 Å². The van der Waals surface area contributed by atoms with E-state index in [0.29, 0.717) is 11.3 Å². The fourth-order valence-electron chi connectivity index (χ4n) is 1.63. The summed E-state index contributed by atoms with van der Waals surface area (Å²) in [6.07, 6.45) is 0. The van der Waals surface area contributed by atoms with E-state index in [1.165, 1.54) is 0 Å². The lowest BCUT2D eigenvalue weighted by Gasteiger charge is -2.05. The van der Waals surface area contributed by atoms with Gasteiger partial charge in [0, 0.05) is 4.47 Å². The predicted molar refractivity (Wildman–Crippen MR) is 69.9 cm³/mol. The molecule has 1 aromatic carbocycles. The maximum absolute atomic E-state index is 8.86. The van der Waals surface area contributed by atoms with Gasteiger partial charge in [-0.2, -0.15) is 10.4 Å². The molecule has 0 saturated heterocycles. The van der Waals surface area contributed by atoms with Crippen LogP contribution in [-0.4, -0.2) is 9.78 Å². The van der Waals surface area contributed by atoms with E-state index in [4.69, 9.17) is 11.0 Å². The molecule has 2 N–H and O–H groups in total. The zero-order valence-corrected chi connectivity index (χ0v) is 11.1. The second-order valence-corrected chi connectivity index (χ2v) is 4.63. The first-order chi connectivity index (χ1) is 8.04. The van der Waals surface area contributed by atoms with E-state index >= 15 is 0 Å². The third kappa shape index (κ3) is 1.92. The summed E-state index contributed by atoms with van der Waals surface area (Å²) in [4.78, 5) is 0. The lowest BCUT2D eigenvalue weighted by Crippen LogP contribution is -2.00. The molecule has 0 spiro atoms. The Bertz CT molecular complexity index is 622. The molecule has 4 nitrogen and oxygen atoms in total. The number of aryl methyl sites for hydroxylation is 1. The molecular weight excluding hydrogens is 280 g/mol. The average Bonchev–Trinajstić information content (AvgIpc) is 2.57. The summed E-state index contributed by atoms with van der Waals surface area (Å²) in [5.74, 6) is 0. The van der Waals surface area contributed by atoms with Gasteiger partial charge in [0.2, 0.25) is 0 Å². The Morgan fingerprint density at radius 3 is 2.59 bits per heavy atom. The van der Waals surface area contributed by atoms with Crippen LogP contribution in [0.3, 0.4) is 0 Å². The van der Waals surface area contributed by atoms with Gasteiger partial charge in [0.1, 0.15) is 6.07 Å². The molecule has 0 aliphatic rings. The number of anilines is 1. The van der Waals surface area contributed by atoms with Crippen molar-refractivity contribution in [2.24, 2.45) is 0 Å². The van der Waals surface area contributed by atoms with Crippen LogP contribution < -0.4 is 5.73 Å². The molecule has 1 heterocycles. The largest absolute Gasteiger partial charge is 0.396 e. The quantitative estimate of drug-likeness (QED) is 0.878. The molecule has 86 valence electrons. The van der Waals surface area contributed by atoms with Crippen LogP contribution in [0, 0.1) is 25.2 Å². The number of aromatic nitrogens is 2. The summed E-state index contributed by atoms with van der Waals surface area (Å²) in [5.41, 5.74) is 9.78. The summed E-state index contributed by atoms with van der Waals surface area (Å²) in [5, 5.41) is 13.2. The van der Waals surface area contributed by atoms with E-state index in [1.54, 1.807) is 10.7 Å². The molecule has 0 atom stereocenters. The van der Waals surface area contributed by atoms with Crippen LogP contribution in [0.25, 0.3) is 5.69 Å². The molecule has 0 saturated carbocycles. The average molecular weight is 291 g/mol. The SMILES string of the molecule is Cc1nn(-c2ccc(C#N)c(Br)c2)c(C)c1N. The maximum Gasteiger partial charge on any atom is 0.100 e. The molecular formula is C12H11BrN4. The van der Waals surface area contributed by atoms with Crippen molar-refractivity contribution in [3.05, 3.63) is 39.6 Å². The number of hydrogen-bond donors (Lipinski definition) is 1. The van der Waals surface area contributed by atoms with Crippen molar-refractivity contribution < 1.29 is 0 Å². The minimum absolute atomic E-state index is 0.600. The summed E-state index contributed by atoms with van der Waals surface area (Å²) < 4.78 is 2.53. The molecule has 0 unspecified atom stereocenters. The summed E-state index contributed by atoms with van der Waals surface area (Å²) in [6.45, 7) is 3.79. The Balaban J connectivity index is 2.58. The highest BCUT2D eigenvalue weighted by molar-refractivity contribution is 9.10. The van der Waals surface area contributed by atoms with E-state index in [9.17, 15) is 0 Å². The van der Waals surface area contributed by atoms with Gasteiger partial charge in [-0.3, -0.25) is 0 Å². The van der Waals surface area contributed by atoms with E-state index in [0.717, 1.165) is 21.5 Å². The lowest BCUT2D eigenvalue weighted by atomic mass is 10.2. The molecule has 0 aliphatic carbocycles. The highest BCUT2D eigenvalue weighted by Crippen LogP contribution is 2.23. The molecule has 5 heteroatoms. The van der Waals surface area contributed by atoms with Crippen LogP contribution in [0.1, 0.15) is 17.0 Å². The topological polar surface area (TPSA) is 67.6 Å². The number of nitrogen functional groups attached to an aromatic ring is 1. The fourth-order valence-corrected chi connectivity index (χ4v) is 2.09. The zero-order valence-electron chi connectivity index (χ0n) is 9.53. The Labute approximate surface area is 108 Å². The van der Waals surface area contributed by atoms with Gasteiger partial charge in [-0.25, -0.2) is 4.68 Å². The summed E-state index contributed by atoms with van der Waals surface area (Å²) >= 11 is 3.36. The lowest BCUT2D eigenvalue weighted by molar-refractivity contribution is 0.833. The Morgan fingerprint density at radius 2 is 2.12 bits per heavy atom. The molecule has 2 rings (SSSR count). The third-order valence-corrected chi connectivity index (χ3v) is 3.32. The van der Waals surface area contributed by atoms with Gasteiger partial charge >= 0.3 is 0 Å². The van der Waals surface area contributed by atoms with Gasteiger partial charge in [0.25, 0.3) is 0 Å². The highest BCUT2D eigenvalue weighted by Gasteiger charge is 2.10. The van der Waals surface area contributed by atoms with Crippen molar-refractivity contribution in [2.45, 2.75) is 13.8 Å². The number of rotatable bonds is 1. The van der Waals surface area contributed by atoms with Crippen LogP contribution in [0.2, 0.25) is 0 Å².